The van der Waals surface area contributed by atoms with Gasteiger partial charge in [-0.1, -0.05) is 23.7 Å². The molecule has 0 fully saturated rings. The second kappa shape index (κ2) is 5.27. The third-order valence-corrected chi connectivity index (χ3v) is 3.60. The Balaban J connectivity index is 1.96. The van der Waals surface area contributed by atoms with Crippen LogP contribution in [0.1, 0.15) is 22.3 Å². The molecule has 1 aromatic heterocycles. The van der Waals surface area contributed by atoms with Crippen LogP contribution in [0, 0.1) is 0 Å². The maximum atomic E-state index is 12.5. The summed E-state index contributed by atoms with van der Waals surface area (Å²) in [6, 6.07) is 9.87. The van der Waals surface area contributed by atoms with Crippen LogP contribution in [0.5, 0.6) is 0 Å². The number of hydrazone groups is 1. The Hall–Kier alpha value is -2.24. The summed E-state index contributed by atoms with van der Waals surface area (Å²) >= 11 is 5.86. The van der Waals surface area contributed by atoms with Crippen molar-refractivity contribution in [3.8, 4) is 0 Å². The third kappa shape index (κ3) is 2.41. The molecule has 5 nitrogen and oxygen atoms in total. The van der Waals surface area contributed by atoms with Crippen molar-refractivity contribution in [2.45, 2.75) is 12.1 Å². The van der Waals surface area contributed by atoms with Crippen LogP contribution in [0.2, 0.25) is 5.02 Å². The predicted molar refractivity (Wildman–Crippen MR) is 78.9 cm³/mol. The topological polar surface area (TPSA) is 65.8 Å². The summed E-state index contributed by atoms with van der Waals surface area (Å²) in [5.74, 6) is -0.386. The van der Waals surface area contributed by atoms with Gasteiger partial charge in [-0.2, -0.15) is 10.1 Å². The molecule has 3 rings (SSSR count). The highest BCUT2D eigenvalue weighted by molar-refractivity contribution is 6.30. The van der Waals surface area contributed by atoms with Crippen molar-refractivity contribution in [1.29, 1.82) is 0 Å². The quantitative estimate of drug-likeness (QED) is 0.926. The molecule has 0 radical (unpaired) electrons. The molecule has 2 aromatic rings. The molecule has 106 valence electrons. The number of pyridine rings is 1. The number of halogens is 1. The van der Waals surface area contributed by atoms with Gasteiger partial charge < -0.3 is 5.11 Å². The van der Waals surface area contributed by atoms with Crippen molar-refractivity contribution in [2.24, 2.45) is 5.10 Å². The van der Waals surface area contributed by atoms with E-state index in [-0.39, 0.29) is 12.3 Å². The van der Waals surface area contributed by atoms with Gasteiger partial charge in [0.25, 0.3) is 5.91 Å². The number of aromatic nitrogens is 1. The first kappa shape index (κ1) is 13.7. The van der Waals surface area contributed by atoms with E-state index in [4.69, 9.17) is 11.6 Å². The highest BCUT2D eigenvalue weighted by Gasteiger charge is 2.42. The highest BCUT2D eigenvalue weighted by Crippen LogP contribution is 2.34. The Morgan fingerprint density at radius 3 is 2.52 bits per heavy atom. The van der Waals surface area contributed by atoms with Gasteiger partial charge in [-0.15, -0.1) is 0 Å². The van der Waals surface area contributed by atoms with Crippen molar-refractivity contribution in [3.05, 3.63) is 64.9 Å². The van der Waals surface area contributed by atoms with E-state index in [1.54, 1.807) is 36.4 Å². The average Bonchev–Trinajstić information content (AvgIpc) is 2.91. The predicted octanol–water partition coefficient (Wildman–Crippen LogP) is 2.41. The lowest BCUT2D eigenvalue weighted by molar-refractivity contribution is -0.0764. The molecule has 21 heavy (non-hydrogen) atoms. The van der Waals surface area contributed by atoms with Gasteiger partial charge in [-0.05, 0) is 24.3 Å². The summed E-state index contributed by atoms with van der Waals surface area (Å²) in [4.78, 5) is 16.4. The van der Waals surface area contributed by atoms with Crippen LogP contribution >= 0.6 is 11.6 Å². The van der Waals surface area contributed by atoms with E-state index in [1.807, 2.05) is 0 Å². The van der Waals surface area contributed by atoms with Crippen molar-refractivity contribution in [3.63, 3.8) is 0 Å². The third-order valence-electron chi connectivity index (χ3n) is 3.35. The second-order valence-electron chi connectivity index (χ2n) is 4.68. The van der Waals surface area contributed by atoms with E-state index in [9.17, 15) is 9.90 Å². The Labute approximate surface area is 126 Å². The van der Waals surface area contributed by atoms with E-state index in [0.29, 0.717) is 16.1 Å². The van der Waals surface area contributed by atoms with Gasteiger partial charge in [0.2, 0.25) is 0 Å². The minimum atomic E-state index is -1.50. The first-order valence-corrected chi connectivity index (χ1v) is 6.74. The van der Waals surface area contributed by atoms with Crippen LogP contribution in [0.3, 0.4) is 0 Å². The van der Waals surface area contributed by atoms with Gasteiger partial charge in [-0.25, -0.2) is 0 Å². The molecule has 6 heteroatoms. The average molecular weight is 302 g/mol. The number of hydrogen-bond donors (Lipinski definition) is 1. The largest absolute Gasteiger partial charge is 0.365 e. The number of hydrogen-bond acceptors (Lipinski definition) is 4. The fourth-order valence-corrected chi connectivity index (χ4v) is 2.35. The summed E-state index contributed by atoms with van der Waals surface area (Å²) in [6.07, 6.45) is 4.79. The molecule has 0 spiro atoms. The molecule has 0 aliphatic carbocycles. The molecule has 1 aliphatic heterocycles. The van der Waals surface area contributed by atoms with Crippen molar-refractivity contribution in [2.75, 3.05) is 0 Å². The van der Waals surface area contributed by atoms with E-state index in [2.05, 4.69) is 10.1 Å². The number of benzene rings is 1. The summed E-state index contributed by atoms with van der Waals surface area (Å²) in [5, 5.41) is 16.5. The monoisotopic (exact) mass is 301 g/mol. The van der Waals surface area contributed by atoms with Crippen LogP contribution in [-0.2, 0) is 5.72 Å². The number of carbonyl (C=O) groups is 1. The molecule has 2 heterocycles. The molecular weight excluding hydrogens is 290 g/mol. The maximum Gasteiger partial charge on any atom is 0.277 e. The molecular formula is C15H12ClN3O2. The van der Waals surface area contributed by atoms with Crippen molar-refractivity contribution < 1.29 is 9.90 Å². The van der Waals surface area contributed by atoms with Crippen LogP contribution in [0.25, 0.3) is 0 Å². The molecule has 1 aliphatic rings. The smallest absolute Gasteiger partial charge is 0.277 e. The second-order valence-corrected chi connectivity index (χ2v) is 5.11. The zero-order chi connectivity index (χ0) is 14.9. The molecule has 0 saturated carbocycles. The summed E-state index contributed by atoms with van der Waals surface area (Å²) < 4.78 is 0. The number of rotatable bonds is 2. The van der Waals surface area contributed by atoms with Crippen molar-refractivity contribution >= 4 is 23.7 Å². The zero-order valence-corrected chi connectivity index (χ0v) is 11.7. The van der Waals surface area contributed by atoms with E-state index in [0.717, 1.165) is 5.01 Å². The number of aliphatic hydroxyl groups is 1. The van der Waals surface area contributed by atoms with E-state index >= 15 is 0 Å². The SMILES string of the molecule is O=C(c1ccncc1)N1N=CC[C@@]1(O)c1ccc(Cl)cc1. The van der Waals surface area contributed by atoms with Gasteiger partial charge in [-0.3, -0.25) is 9.78 Å². The van der Waals surface area contributed by atoms with Gasteiger partial charge in [0, 0.05) is 41.2 Å². The molecule has 0 unspecified atom stereocenters. The molecule has 1 atom stereocenters. The first-order chi connectivity index (χ1) is 10.1. The Kier molecular flexibility index (Phi) is 3.45. The van der Waals surface area contributed by atoms with Gasteiger partial charge in [0.05, 0.1) is 0 Å². The standard InChI is InChI=1S/C15H12ClN3O2/c16-13-3-1-12(2-4-13)15(21)7-10-18-19(15)14(20)11-5-8-17-9-6-11/h1-6,8-10,21H,7H2/t15-/m1/s1. The molecule has 1 amide bonds. The molecule has 0 saturated heterocycles. The van der Waals surface area contributed by atoms with Gasteiger partial charge in [0.1, 0.15) is 0 Å². The molecule has 0 bridgehead atoms. The minimum Gasteiger partial charge on any atom is -0.365 e. The van der Waals surface area contributed by atoms with Crippen LogP contribution in [-0.4, -0.2) is 27.2 Å². The number of amides is 1. The van der Waals surface area contributed by atoms with Gasteiger partial charge in [0.15, 0.2) is 5.72 Å². The Morgan fingerprint density at radius 1 is 1.19 bits per heavy atom. The Bertz CT molecular complexity index is 688. The lowest BCUT2D eigenvalue weighted by Crippen LogP contribution is -2.43. The maximum absolute atomic E-state index is 12.5. The van der Waals surface area contributed by atoms with E-state index < -0.39 is 5.72 Å². The van der Waals surface area contributed by atoms with Crippen LogP contribution < -0.4 is 0 Å². The fourth-order valence-electron chi connectivity index (χ4n) is 2.23. The number of carbonyl (C=O) groups excluding carboxylic acids is 1. The summed E-state index contributed by atoms with van der Waals surface area (Å²) in [5.41, 5.74) is -0.520. The summed E-state index contributed by atoms with van der Waals surface area (Å²) in [6.45, 7) is 0. The first-order valence-electron chi connectivity index (χ1n) is 6.37. The van der Waals surface area contributed by atoms with Gasteiger partial charge >= 0.3 is 0 Å². The normalized spacial score (nSPS) is 20.8. The van der Waals surface area contributed by atoms with Crippen molar-refractivity contribution in [1.82, 2.24) is 9.99 Å². The Morgan fingerprint density at radius 2 is 1.86 bits per heavy atom. The molecule has 1 aromatic carbocycles. The number of nitrogens with zero attached hydrogens (tertiary/aromatic N) is 3. The lowest BCUT2D eigenvalue weighted by Gasteiger charge is -2.31. The lowest BCUT2D eigenvalue weighted by atomic mass is 9.99. The molecule has 1 N–H and O–H groups in total. The fraction of sp³-hybridized carbons (Fsp3) is 0.133. The van der Waals surface area contributed by atoms with E-state index in [1.165, 1.54) is 18.6 Å². The zero-order valence-electron chi connectivity index (χ0n) is 11.0. The summed E-state index contributed by atoms with van der Waals surface area (Å²) in [7, 11) is 0. The van der Waals surface area contributed by atoms with Crippen LogP contribution in [0.15, 0.2) is 53.9 Å². The minimum absolute atomic E-state index is 0.228. The highest BCUT2D eigenvalue weighted by atomic mass is 35.5. The van der Waals surface area contributed by atoms with Crippen LogP contribution in [0.4, 0.5) is 0 Å².